The van der Waals surface area contributed by atoms with Crippen molar-refractivity contribution < 1.29 is 23.8 Å². The monoisotopic (exact) mass is 407 g/mol. The predicted molar refractivity (Wildman–Crippen MR) is 110 cm³/mol. The van der Waals surface area contributed by atoms with Crippen molar-refractivity contribution in [3.05, 3.63) is 83.9 Å². The summed E-state index contributed by atoms with van der Waals surface area (Å²) < 4.78 is 16.5. The van der Waals surface area contributed by atoms with Crippen LogP contribution in [0.4, 0.5) is 0 Å². The molecule has 2 aromatic rings. The van der Waals surface area contributed by atoms with Crippen LogP contribution in [0.15, 0.2) is 72.8 Å². The molecule has 1 fully saturated rings. The molecule has 0 spiro atoms. The lowest BCUT2D eigenvalue weighted by Crippen LogP contribution is -2.66. The molecule has 3 atom stereocenters. The van der Waals surface area contributed by atoms with Crippen LogP contribution in [0.2, 0.25) is 0 Å². The highest BCUT2D eigenvalue weighted by Crippen LogP contribution is 2.43. The second-order valence-corrected chi connectivity index (χ2v) is 7.57. The summed E-state index contributed by atoms with van der Waals surface area (Å²) in [5.41, 5.74) is 0.510. The molecule has 2 heterocycles. The van der Waals surface area contributed by atoms with Gasteiger partial charge in [-0.05, 0) is 23.6 Å². The van der Waals surface area contributed by atoms with Gasteiger partial charge in [0.25, 0.3) is 5.91 Å². The molecule has 2 aromatic carbocycles. The first-order valence-corrected chi connectivity index (χ1v) is 10.0. The molecule has 0 N–H and O–H groups in total. The molecule has 0 aromatic heterocycles. The number of hydrogen-bond donors (Lipinski definition) is 0. The van der Waals surface area contributed by atoms with Crippen molar-refractivity contribution in [2.75, 3.05) is 13.9 Å². The van der Waals surface area contributed by atoms with Gasteiger partial charge in [0.05, 0.1) is 6.04 Å². The van der Waals surface area contributed by atoms with Gasteiger partial charge in [-0.3, -0.25) is 9.59 Å². The van der Waals surface area contributed by atoms with E-state index in [-0.39, 0.29) is 25.3 Å². The Labute approximate surface area is 176 Å². The third-order valence-corrected chi connectivity index (χ3v) is 5.68. The van der Waals surface area contributed by atoms with Crippen molar-refractivity contribution in [1.82, 2.24) is 4.90 Å². The van der Waals surface area contributed by atoms with Crippen LogP contribution in [0.25, 0.3) is 0 Å². The molecule has 30 heavy (non-hydrogen) atoms. The standard InChI is InChI=1S/C24H25NO5/c1-28-17-30-24-13-12-20(25(23(24)27)15-18-8-4-2-5-9-18)14-21(24)22(26)29-16-19-10-6-3-7-11-19/h2-13,20-21H,14-17H2,1H3/t20-,21+,24-/m0/s1. The molecule has 5 rings (SSSR count). The van der Waals surface area contributed by atoms with Gasteiger partial charge in [-0.2, -0.15) is 0 Å². The predicted octanol–water partition coefficient (Wildman–Crippen LogP) is 3.08. The van der Waals surface area contributed by atoms with Gasteiger partial charge >= 0.3 is 5.97 Å². The Kier molecular flexibility index (Phi) is 5.97. The van der Waals surface area contributed by atoms with E-state index in [1.165, 1.54) is 7.11 Å². The molecule has 6 heteroatoms. The maximum absolute atomic E-state index is 13.5. The van der Waals surface area contributed by atoms with Crippen molar-refractivity contribution in [3.8, 4) is 0 Å². The molecule has 0 unspecified atom stereocenters. The Bertz CT molecular complexity index is 914. The van der Waals surface area contributed by atoms with Crippen LogP contribution in [0.1, 0.15) is 17.5 Å². The van der Waals surface area contributed by atoms with Crippen LogP contribution in [-0.4, -0.2) is 42.3 Å². The van der Waals surface area contributed by atoms with Crippen LogP contribution >= 0.6 is 0 Å². The topological polar surface area (TPSA) is 65.1 Å². The number of fused-ring (bicyclic) bond motifs is 2. The van der Waals surface area contributed by atoms with E-state index in [4.69, 9.17) is 14.2 Å². The smallest absolute Gasteiger partial charge is 0.313 e. The number of benzene rings is 2. The van der Waals surface area contributed by atoms with Crippen LogP contribution in [0.3, 0.4) is 0 Å². The molecule has 0 saturated carbocycles. The number of carbonyl (C=O) groups excluding carboxylic acids is 2. The Morgan fingerprint density at radius 1 is 1.07 bits per heavy atom. The first-order valence-electron chi connectivity index (χ1n) is 10.0. The van der Waals surface area contributed by atoms with E-state index < -0.39 is 17.5 Å². The van der Waals surface area contributed by atoms with Crippen LogP contribution in [0.5, 0.6) is 0 Å². The molecule has 6 nitrogen and oxygen atoms in total. The lowest BCUT2D eigenvalue weighted by molar-refractivity contribution is -0.200. The Balaban J connectivity index is 1.54. The Hall–Kier alpha value is -2.96. The average molecular weight is 407 g/mol. The zero-order valence-corrected chi connectivity index (χ0v) is 16.9. The zero-order valence-electron chi connectivity index (χ0n) is 16.9. The van der Waals surface area contributed by atoms with Crippen molar-refractivity contribution >= 4 is 11.9 Å². The fourth-order valence-corrected chi connectivity index (χ4v) is 4.13. The number of ether oxygens (including phenoxy) is 3. The number of rotatable bonds is 8. The summed E-state index contributed by atoms with van der Waals surface area (Å²) in [7, 11) is 1.49. The summed E-state index contributed by atoms with van der Waals surface area (Å²) in [6.45, 7) is 0.522. The largest absolute Gasteiger partial charge is 0.460 e. The highest BCUT2D eigenvalue weighted by molar-refractivity contribution is 5.96. The van der Waals surface area contributed by atoms with E-state index in [1.54, 1.807) is 11.0 Å². The number of methoxy groups -OCH3 is 1. The van der Waals surface area contributed by atoms with Gasteiger partial charge in [-0.1, -0.05) is 66.7 Å². The van der Waals surface area contributed by atoms with Gasteiger partial charge in [0.15, 0.2) is 5.60 Å². The van der Waals surface area contributed by atoms with Crippen molar-refractivity contribution in [2.24, 2.45) is 5.92 Å². The third kappa shape index (κ3) is 3.88. The number of nitrogens with zero attached hydrogens (tertiary/aromatic N) is 1. The second kappa shape index (κ2) is 8.81. The molecule has 0 radical (unpaired) electrons. The number of hydrogen-bond acceptors (Lipinski definition) is 5. The maximum Gasteiger partial charge on any atom is 0.313 e. The summed E-state index contributed by atoms with van der Waals surface area (Å²) in [6, 6.07) is 19.1. The van der Waals surface area contributed by atoms with E-state index >= 15 is 0 Å². The van der Waals surface area contributed by atoms with E-state index in [9.17, 15) is 9.59 Å². The average Bonchev–Trinajstić information content (AvgIpc) is 2.80. The number of amides is 1. The zero-order chi connectivity index (χ0) is 21.0. The minimum Gasteiger partial charge on any atom is -0.460 e. The number of carbonyl (C=O) groups is 2. The molecule has 1 saturated heterocycles. The Morgan fingerprint density at radius 2 is 1.73 bits per heavy atom. The normalized spacial score (nSPS) is 24.8. The fourth-order valence-electron chi connectivity index (χ4n) is 4.13. The van der Waals surface area contributed by atoms with Crippen LogP contribution in [-0.2, 0) is 37.0 Å². The van der Waals surface area contributed by atoms with E-state index in [2.05, 4.69) is 0 Å². The fraction of sp³-hybridized carbons (Fsp3) is 0.333. The molecular formula is C24H25NO5. The van der Waals surface area contributed by atoms with Gasteiger partial charge in [-0.15, -0.1) is 0 Å². The van der Waals surface area contributed by atoms with Gasteiger partial charge in [0.2, 0.25) is 0 Å². The molecular weight excluding hydrogens is 382 g/mol. The first-order chi connectivity index (χ1) is 14.6. The number of esters is 1. The summed E-state index contributed by atoms with van der Waals surface area (Å²) in [4.78, 5) is 28.3. The summed E-state index contributed by atoms with van der Waals surface area (Å²) >= 11 is 0. The van der Waals surface area contributed by atoms with E-state index in [1.807, 2.05) is 66.7 Å². The summed E-state index contributed by atoms with van der Waals surface area (Å²) in [5, 5.41) is 0. The minimum absolute atomic E-state index is 0.0949. The molecule has 3 aliphatic rings. The second-order valence-electron chi connectivity index (χ2n) is 7.57. The van der Waals surface area contributed by atoms with Gasteiger partial charge in [0, 0.05) is 13.7 Å². The number of piperidine rings is 1. The quantitative estimate of drug-likeness (QED) is 0.382. The SMILES string of the molecule is COCO[C@@]12C=C[C@@H](C[C@@H]1C(=O)OCc1ccccc1)N(Cc1ccccc1)C2=O. The summed E-state index contributed by atoms with van der Waals surface area (Å²) in [6.07, 6.45) is 4.10. The van der Waals surface area contributed by atoms with Crippen molar-refractivity contribution in [1.29, 1.82) is 0 Å². The molecule has 156 valence electrons. The minimum atomic E-state index is -1.41. The molecule has 1 amide bonds. The van der Waals surface area contributed by atoms with Gasteiger partial charge < -0.3 is 19.1 Å². The van der Waals surface area contributed by atoms with Crippen LogP contribution < -0.4 is 0 Å². The third-order valence-electron chi connectivity index (χ3n) is 5.68. The van der Waals surface area contributed by atoms with E-state index in [0.717, 1.165) is 11.1 Å². The Morgan fingerprint density at radius 3 is 2.40 bits per heavy atom. The molecule has 2 bridgehead atoms. The lowest BCUT2D eigenvalue weighted by Gasteiger charge is -2.50. The van der Waals surface area contributed by atoms with Crippen LogP contribution in [0, 0.1) is 5.92 Å². The first kappa shape index (κ1) is 20.3. The summed E-state index contributed by atoms with van der Waals surface area (Å²) in [5.74, 6) is -1.38. The molecule has 1 aliphatic carbocycles. The molecule has 2 aliphatic heterocycles. The van der Waals surface area contributed by atoms with Gasteiger partial charge in [0.1, 0.15) is 19.3 Å². The highest BCUT2D eigenvalue weighted by atomic mass is 16.7. The van der Waals surface area contributed by atoms with Crippen molar-refractivity contribution in [2.45, 2.75) is 31.2 Å². The van der Waals surface area contributed by atoms with E-state index in [0.29, 0.717) is 13.0 Å². The lowest BCUT2D eigenvalue weighted by atomic mass is 9.72. The van der Waals surface area contributed by atoms with Crippen molar-refractivity contribution in [3.63, 3.8) is 0 Å². The highest BCUT2D eigenvalue weighted by Gasteiger charge is 2.59. The van der Waals surface area contributed by atoms with Gasteiger partial charge in [-0.25, -0.2) is 0 Å². The maximum atomic E-state index is 13.5.